The Labute approximate surface area is 208 Å². The van der Waals surface area contributed by atoms with E-state index in [1.54, 1.807) is 78.9 Å². The molecule has 0 aliphatic rings. The van der Waals surface area contributed by atoms with Crippen molar-refractivity contribution in [2.24, 2.45) is 0 Å². The molecular formula is C29H24N2O5. The van der Waals surface area contributed by atoms with E-state index in [1.807, 2.05) is 24.3 Å². The van der Waals surface area contributed by atoms with Crippen molar-refractivity contribution >= 4 is 29.0 Å². The molecule has 0 atom stereocenters. The summed E-state index contributed by atoms with van der Waals surface area (Å²) >= 11 is 0. The van der Waals surface area contributed by atoms with Crippen LogP contribution in [0, 0.1) is 0 Å². The van der Waals surface area contributed by atoms with Gasteiger partial charge in [0.15, 0.2) is 12.4 Å². The molecule has 2 N–H and O–H groups in total. The van der Waals surface area contributed by atoms with E-state index < -0.39 is 0 Å². The van der Waals surface area contributed by atoms with Crippen LogP contribution >= 0.6 is 0 Å². The fraction of sp³-hybridized carbons (Fsp3) is 0.0690. The number of ether oxygens (including phenoxy) is 2. The minimum absolute atomic E-state index is 0.0834. The molecule has 0 bridgehead atoms. The Morgan fingerprint density at radius 3 is 1.97 bits per heavy atom. The summed E-state index contributed by atoms with van der Waals surface area (Å²) in [5.41, 5.74) is 2.67. The zero-order valence-electron chi connectivity index (χ0n) is 19.6. The second kappa shape index (κ2) is 11.5. The van der Waals surface area contributed by atoms with E-state index >= 15 is 0 Å². The Kier molecular flexibility index (Phi) is 7.73. The predicted molar refractivity (Wildman–Crippen MR) is 138 cm³/mol. The predicted octanol–water partition coefficient (Wildman–Crippen LogP) is 5.20. The molecule has 7 heteroatoms. The van der Waals surface area contributed by atoms with Crippen LogP contribution in [0.25, 0.3) is 0 Å². The molecule has 4 aromatic rings. The number of hydrogen-bond donors (Lipinski definition) is 2. The van der Waals surface area contributed by atoms with E-state index in [0.29, 0.717) is 39.6 Å². The smallest absolute Gasteiger partial charge is 0.262 e. The van der Waals surface area contributed by atoms with E-state index in [4.69, 9.17) is 9.47 Å². The minimum Gasteiger partial charge on any atom is -0.495 e. The van der Waals surface area contributed by atoms with Crippen LogP contribution in [0.15, 0.2) is 103 Å². The minimum atomic E-state index is -0.356. The van der Waals surface area contributed by atoms with Gasteiger partial charge in [-0.2, -0.15) is 0 Å². The van der Waals surface area contributed by atoms with Crippen LogP contribution in [-0.2, 0) is 4.79 Å². The normalized spacial score (nSPS) is 10.2. The lowest BCUT2D eigenvalue weighted by Gasteiger charge is -2.11. The summed E-state index contributed by atoms with van der Waals surface area (Å²) in [5, 5.41) is 5.53. The van der Waals surface area contributed by atoms with Crippen molar-refractivity contribution in [3.8, 4) is 11.5 Å². The highest BCUT2D eigenvalue weighted by molar-refractivity contribution is 6.09. The van der Waals surface area contributed by atoms with E-state index in [1.165, 1.54) is 7.11 Å². The zero-order valence-corrected chi connectivity index (χ0v) is 19.6. The van der Waals surface area contributed by atoms with Crippen LogP contribution in [-0.4, -0.2) is 31.3 Å². The van der Waals surface area contributed by atoms with Crippen LogP contribution in [0.3, 0.4) is 0 Å². The van der Waals surface area contributed by atoms with Gasteiger partial charge in [0.1, 0.15) is 11.5 Å². The number of amides is 2. The number of carbonyl (C=O) groups is 3. The first-order valence-corrected chi connectivity index (χ1v) is 11.2. The van der Waals surface area contributed by atoms with Gasteiger partial charge in [0.05, 0.1) is 12.8 Å². The van der Waals surface area contributed by atoms with Gasteiger partial charge in [-0.3, -0.25) is 14.4 Å². The lowest BCUT2D eigenvalue weighted by Crippen LogP contribution is -2.20. The van der Waals surface area contributed by atoms with E-state index in [2.05, 4.69) is 10.6 Å². The summed E-state index contributed by atoms with van der Waals surface area (Å²) in [7, 11) is 1.54. The van der Waals surface area contributed by atoms with Gasteiger partial charge in [-0.15, -0.1) is 0 Å². The summed E-state index contributed by atoms with van der Waals surface area (Å²) in [6.07, 6.45) is 0. The molecule has 36 heavy (non-hydrogen) atoms. The SMILES string of the molecule is COc1ccccc1NC(=O)c1ccc(NC(=O)COc2ccc(C(=O)c3ccccc3)cc2)cc1. The Balaban J connectivity index is 1.28. The molecule has 0 saturated carbocycles. The second-order valence-corrected chi connectivity index (χ2v) is 7.79. The van der Waals surface area contributed by atoms with Crippen LogP contribution in [0.4, 0.5) is 11.4 Å². The number of rotatable bonds is 9. The fourth-order valence-electron chi connectivity index (χ4n) is 3.45. The van der Waals surface area contributed by atoms with Crippen molar-refractivity contribution in [3.05, 3.63) is 120 Å². The molecule has 180 valence electrons. The number of anilines is 2. The van der Waals surface area contributed by atoms with Gasteiger partial charge < -0.3 is 20.1 Å². The summed E-state index contributed by atoms with van der Waals surface area (Å²) in [4.78, 5) is 37.3. The third-order valence-corrected chi connectivity index (χ3v) is 5.31. The second-order valence-electron chi connectivity index (χ2n) is 7.79. The number of methoxy groups -OCH3 is 1. The Bertz CT molecular complexity index is 1350. The van der Waals surface area contributed by atoms with E-state index in [0.717, 1.165) is 0 Å². The molecule has 4 aromatic carbocycles. The molecule has 0 heterocycles. The monoisotopic (exact) mass is 480 g/mol. The Morgan fingerprint density at radius 1 is 0.667 bits per heavy atom. The summed E-state index contributed by atoms with van der Waals surface area (Å²) < 4.78 is 10.8. The Morgan fingerprint density at radius 2 is 1.28 bits per heavy atom. The molecule has 0 unspecified atom stereocenters. The molecule has 0 aromatic heterocycles. The van der Waals surface area contributed by atoms with Crippen molar-refractivity contribution in [1.29, 1.82) is 0 Å². The first kappa shape index (κ1) is 24.2. The lowest BCUT2D eigenvalue weighted by atomic mass is 10.0. The topological polar surface area (TPSA) is 93.7 Å². The number of nitrogens with one attached hydrogen (secondary N) is 2. The molecule has 0 saturated heterocycles. The van der Waals surface area contributed by atoms with Crippen molar-refractivity contribution in [3.63, 3.8) is 0 Å². The molecule has 0 aliphatic carbocycles. The maximum atomic E-state index is 12.5. The molecule has 0 radical (unpaired) electrons. The van der Waals surface area contributed by atoms with E-state index in [-0.39, 0.29) is 24.2 Å². The molecule has 4 rings (SSSR count). The van der Waals surface area contributed by atoms with Gasteiger partial charge in [0, 0.05) is 22.4 Å². The third-order valence-electron chi connectivity index (χ3n) is 5.31. The summed E-state index contributed by atoms with van der Waals surface area (Å²) in [6.45, 7) is -0.206. The fourth-order valence-corrected chi connectivity index (χ4v) is 3.45. The van der Waals surface area contributed by atoms with Gasteiger partial charge in [-0.25, -0.2) is 0 Å². The van der Waals surface area contributed by atoms with Crippen LogP contribution < -0.4 is 20.1 Å². The maximum Gasteiger partial charge on any atom is 0.262 e. The van der Waals surface area contributed by atoms with Gasteiger partial charge in [0.2, 0.25) is 0 Å². The molecule has 0 spiro atoms. The van der Waals surface area contributed by atoms with Crippen molar-refractivity contribution in [2.45, 2.75) is 0 Å². The molecule has 0 fully saturated rings. The summed E-state index contributed by atoms with van der Waals surface area (Å²) in [6, 6.07) is 29.3. The highest BCUT2D eigenvalue weighted by Gasteiger charge is 2.11. The number of ketones is 1. The van der Waals surface area contributed by atoms with Gasteiger partial charge in [0.25, 0.3) is 11.8 Å². The third kappa shape index (κ3) is 6.15. The van der Waals surface area contributed by atoms with E-state index in [9.17, 15) is 14.4 Å². The molecule has 7 nitrogen and oxygen atoms in total. The highest BCUT2D eigenvalue weighted by Crippen LogP contribution is 2.24. The number of benzene rings is 4. The zero-order chi connectivity index (χ0) is 25.3. The lowest BCUT2D eigenvalue weighted by molar-refractivity contribution is -0.118. The van der Waals surface area contributed by atoms with Crippen molar-refractivity contribution in [1.82, 2.24) is 0 Å². The highest BCUT2D eigenvalue weighted by atomic mass is 16.5. The average Bonchev–Trinajstić information content (AvgIpc) is 2.93. The van der Waals surface area contributed by atoms with Gasteiger partial charge in [-0.1, -0.05) is 42.5 Å². The molecule has 2 amide bonds. The standard InChI is InChI=1S/C29H24N2O5/c1-35-26-10-6-5-9-25(26)31-29(34)22-11-15-23(16-12-22)30-27(32)19-36-24-17-13-21(14-18-24)28(33)20-7-3-2-4-8-20/h2-18H,19H2,1H3,(H,30,32)(H,31,34). The van der Waals surface area contributed by atoms with Crippen molar-refractivity contribution in [2.75, 3.05) is 24.4 Å². The average molecular weight is 481 g/mol. The molecular weight excluding hydrogens is 456 g/mol. The van der Waals surface area contributed by atoms with Crippen LogP contribution in [0.1, 0.15) is 26.3 Å². The Hall–Kier alpha value is -4.91. The van der Waals surface area contributed by atoms with Gasteiger partial charge >= 0.3 is 0 Å². The van der Waals surface area contributed by atoms with Crippen molar-refractivity contribution < 1.29 is 23.9 Å². The van der Waals surface area contributed by atoms with Crippen LogP contribution in [0.5, 0.6) is 11.5 Å². The van der Waals surface area contributed by atoms with Crippen LogP contribution in [0.2, 0.25) is 0 Å². The first-order chi connectivity index (χ1) is 17.5. The number of carbonyl (C=O) groups excluding carboxylic acids is 3. The summed E-state index contributed by atoms with van der Waals surface area (Å²) in [5.74, 6) is 0.297. The maximum absolute atomic E-state index is 12.5. The van der Waals surface area contributed by atoms with Gasteiger partial charge in [-0.05, 0) is 60.7 Å². The number of hydrogen-bond acceptors (Lipinski definition) is 5. The largest absolute Gasteiger partial charge is 0.495 e. The quantitative estimate of drug-likeness (QED) is 0.321. The first-order valence-electron chi connectivity index (χ1n) is 11.2. The number of para-hydroxylation sites is 2. The molecule has 0 aliphatic heterocycles.